The zero-order valence-electron chi connectivity index (χ0n) is 13.1. The summed E-state index contributed by atoms with van der Waals surface area (Å²) >= 11 is 6.07. The van der Waals surface area contributed by atoms with Crippen molar-refractivity contribution in [2.75, 3.05) is 12.4 Å². The van der Waals surface area contributed by atoms with Crippen LogP contribution in [-0.2, 0) is 6.42 Å². The molecule has 1 aromatic carbocycles. The first-order chi connectivity index (χ1) is 11.5. The number of anilines is 1. The Hall–Kier alpha value is -2.60. The van der Waals surface area contributed by atoms with Gasteiger partial charge in [-0.3, -0.25) is 9.20 Å². The number of carbonyl (C=O) groups is 1. The molecular weight excluding hydrogens is 333 g/mol. The fourth-order valence-corrected chi connectivity index (χ4v) is 2.75. The van der Waals surface area contributed by atoms with E-state index in [2.05, 4.69) is 10.3 Å². The van der Waals surface area contributed by atoms with Crippen molar-refractivity contribution >= 4 is 28.8 Å². The van der Waals surface area contributed by atoms with Crippen LogP contribution in [0.4, 0.5) is 10.1 Å². The maximum atomic E-state index is 13.5. The lowest BCUT2D eigenvalue weighted by atomic mass is 10.2. The van der Waals surface area contributed by atoms with E-state index in [1.165, 1.54) is 29.8 Å². The molecule has 7 heteroatoms. The third-order valence-corrected chi connectivity index (χ3v) is 3.91. The predicted octanol–water partition coefficient (Wildman–Crippen LogP) is 3.95. The van der Waals surface area contributed by atoms with Crippen molar-refractivity contribution < 1.29 is 13.9 Å². The number of nitrogens with one attached hydrogen (secondary N) is 1. The van der Waals surface area contributed by atoms with Gasteiger partial charge in [-0.1, -0.05) is 18.5 Å². The highest BCUT2D eigenvalue weighted by Crippen LogP contribution is 2.27. The first-order valence-corrected chi connectivity index (χ1v) is 7.72. The molecule has 2 aromatic heterocycles. The molecule has 5 nitrogen and oxygen atoms in total. The average molecular weight is 348 g/mol. The van der Waals surface area contributed by atoms with Crippen LogP contribution in [-0.4, -0.2) is 22.4 Å². The topological polar surface area (TPSA) is 55.6 Å². The third kappa shape index (κ3) is 2.92. The summed E-state index contributed by atoms with van der Waals surface area (Å²) in [5.41, 5.74) is 1.93. The van der Waals surface area contributed by atoms with E-state index >= 15 is 0 Å². The summed E-state index contributed by atoms with van der Waals surface area (Å²) < 4.78 is 20.1. The molecule has 0 unspecified atom stereocenters. The van der Waals surface area contributed by atoms with Crippen LogP contribution in [0.5, 0.6) is 5.75 Å². The van der Waals surface area contributed by atoms with Crippen molar-refractivity contribution in [2.45, 2.75) is 13.3 Å². The number of methoxy groups -OCH3 is 1. The summed E-state index contributed by atoms with van der Waals surface area (Å²) in [6.07, 6.45) is 1.80. The number of pyridine rings is 1. The van der Waals surface area contributed by atoms with E-state index in [1.807, 2.05) is 6.92 Å². The molecule has 0 bridgehead atoms. The molecule has 3 aromatic rings. The number of carbonyl (C=O) groups excluding carboxylic acids is 1. The van der Waals surface area contributed by atoms with Crippen LogP contribution in [0.15, 0.2) is 36.5 Å². The second kappa shape index (κ2) is 6.49. The van der Waals surface area contributed by atoms with Crippen LogP contribution in [0.3, 0.4) is 0 Å². The number of hydrogen-bond acceptors (Lipinski definition) is 3. The molecule has 0 aliphatic heterocycles. The molecule has 0 saturated heterocycles. The molecule has 0 aliphatic rings. The van der Waals surface area contributed by atoms with Crippen LogP contribution in [0.1, 0.15) is 23.1 Å². The standard InChI is InChI=1S/C17H15ClFN3O2/c1-3-13-16(22-9-10(19)4-7-15(22)21-13)17(23)20-11-5-6-14(24-2)12(18)8-11/h4-9H,3H2,1-2H3,(H,20,23). The Labute approximate surface area is 143 Å². The normalized spacial score (nSPS) is 10.8. The van der Waals surface area contributed by atoms with E-state index in [4.69, 9.17) is 16.3 Å². The molecule has 24 heavy (non-hydrogen) atoms. The van der Waals surface area contributed by atoms with Crippen molar-refractivity contribution in [3.8, 4) is 5.75 Å². The number of halogens is 2. The minimum Gasteiger partial charge on any atom is -0.495 e. The van der Waals surface area contributed by atoms with Gasteiger partial charge < -0.3 is 10.1 Å². The average Bonchev–Trinajstić information content (AvgIpc) is 2.92. The molecule has 0 aliphatic carbocycles. The minimum atomic E-state index is -0.441. The summed E-state index contributed by atoms with van der Waals surface area (Å²) in [6.45, 7) is 1.89. The first kappa shape index (κ1) is 16.3. The van der Waals surface area contributed by atoms with E-state index in [-0.39, 0.29) is 5.91 Å². The largest absolute Gasteiger partial charge is 0.495 e. The number of rotatable bonds is 4. The number of nitrogens with zero attached hydrogens (tertiary/aromatic N) is 2. The number of imidazole rings is 1. The van der Waals surface area contributed by atoms with Crippen molar-refractivity contribution in [1.29, 1.82) is 0 Å². The molecule has 3 rings (SSSR count). The fraction of sp³-hybridized carbons (Fsp3) is 0.176. The van der Waals surface area contributed by atoms with Gasteiger partial charge in [-0.05, 0) is 36.8 Å². The Kier molecular flexibility index (Phi) is 4.40. The molecule has 0 radical (unpaired) electrons. The SMILES string of the molecule is CCc1nc2ccc(F)cn2c1C(=O)Nc1ccc(OC)c(Cl)c1. The summed E-state index contributed by atoms with van der Waals surface area (Å²) in [7, 11) is 1.51. The van der Waals surface area contributed by atoms with Crippen molar-refractivity contribution in [2.24, 2.45) is 0 Å². The highest BCUT2D eigenvalue weighted by atomic mass is 35.5. The Bertz CT molecular complexity index is 924. The molecule has 0 spiro atoms. The van der Waals surface area contributed by atoms with Gasteiger partial charge in [0.15, 0.2) is 0 Å². The maximum absolute atomic E-state index is 13.5. The fourth-order valence-electron chi connectivity index (χ4n) is 2.49. The van der Waals surface area contributed by atoms with Crippen LogP contribution in [0.25, 0.3) is 5.65 Å². The van der Waals surface area contributed by atoms with Crippen molar-refractivity contribution in [1.82, 2.24) is 9.38 Å². The summed E-state index contributed by atoms with van der Waals surface area (Å²) in [4.78, 5) is 17.0. The van der Waals surface area contributed by atoms with Crippen molar-refractivity contribution in [3.05, 3.63) is 58.8 Å². The number of aryl methyl sites for hydroxylation is 1. The van der Waals surface area contributed by atoms with Gasteiger partial charge in [0, 0.05) is 11.9 Å². The molecule has 0 saturated carbocycles. The zero-order chi connectivity index (χ0) is 17.3. The van der Waals surface area contributed by atoms with E-state index in [0.29, 0.717) is 39.9 Å². The lowest BCUT2D eigenvalue weighted by Crippen LogP contribution is -2.16. The quantitative estimate of drug-likeness (QED) is 0.777. The smallest absolute Gasteiger partial charge is 0.274 e. The maximum Gasteiger partial charge on any atom is 0.274 e. The Morgan fingerprint density at radius 2 is 2.17 bits per heavy atom. The lowest BCUT2D eigenvalue weighted by molar-refractivity contribution is 0.102. The zero-order valence-corrected chi connectivity index (χ0v) is 13.9. The third-order valence-electron chi connectivity index (χ3n) is 3.61. The van der Waals surface area contributed by atoms with Crippen LogP contribution in [0, 0.1) is 5.82 Å². The Morgan fingerprint density at radius 3 is 2.83 bits per heavy atom. The number of aromatic nitrogens is 2. The number of ether oxygens (including phenoxy) is 1. The van der Waals surface area contributed by atoms with Gasteiger partial charge in [0.25, 0.3) is 5.91 Å². The van der Waals surface area contributed by atoms with Gasteiger partial charge in [-0.2, -0.15) is 0 Å². The van der Waals surface area contributed by atoms with E-state index < -0.39 is 5.82 Å². The van der Waals surface area contributed by atoms with Crippen LogP contribution in [0.2, 0.25) is 5.02 Å². The highest BCUT2D eigenvalue weighted by Gasteiger charge is 2.19. The molecule has 1 N–H and O–H groups in total. The molecule has 2 heterocycles. The van der Waals surface area contributed by atoms with Gasteiger partial charge in [0.2, 0.25) is 0 Å². The highest BCUT2D eigenvalue weighted by molar-refractivity contribution is 6.32. The molecule has 1 amide bonds. The summed E-state index contributed by atoms with van der Waals surface area (Å²) in [5.74, 6) is -0.309. The number of amides is 1. The van der Waals surface area contributed by atoms with Gasteiger partial charge in [0.05, 0.1) is 17.8 Å². The second-order valence-corrected chi connectivity index (χ2v) is 5.55. The predicted molar refractivity (Wildman–Crippen MR) is 90.5 cm³/mol. The van der Waals surface area contributed by atoms with E-state index in [9.17, 15) is 9.18 Å². The molecule has 0 fully saturated rings. The van der Waals surface area contributed by atoms with Gasteiger partial charge in [-0.25, -0.2) is 9.37 Å². The van der Waals surface area contributed by atoms with Gasteiger partial charge in [0.1, 0.15) is 22.9 Å². The van der Waals surface area contributed by atoms with E-state index in [0.717, 1.165) is 0 Å². The van der Waals surface area contributed by atoms with Gasteiger partial charge >= 0.3 is 0 Å². The van der Waals surface area contributed by atoms with E-state index in [1.54, 1.807) is 18.2 Å². The molecular formula is C17H15ClFN3O2. The summed E-state index contributed by atoms with van der Waals surface area (Å²) in [6, 6.07) is 7.78. The number of fused-ring (bicyclic) bond motifs is 1. The molecule has 0 atom stereocenters. The minimum absolute atomic E-state index is 0.305. The van der Waals surface area contributed by atoms with Crippen LogP contribution >= 0.6 is 11.6 Å². The molecule has 124 valence electrons. The monoisotopic (exact) mass is 347 g/mol. The Balaban J connectivity index is 1.99. The number of benzene rings is 1. The Morgan fingerprint density at radius 1 is 1.38 bits per heavy atom. The lowest BCUT2D eigenvalue weighted by Gasteiger charge is -2.09. The van der Waals surface area contributed by atoms with Crippen molar-refractivity contribution in [3.63, 3.8) is 0 Å². The van der Waals surface area contributed by atoms with Crippen LogP contribution < -0.4 is 10.1 Å². The number of hydrogen-bond donors (Lipinski definition) is 1. The second-order valence-electron chi connectivity index (χ2n) is 5.14. The first-order valence-electron chi connectivity index (χ1n) is 7.35. The van der Waals surface area contributed by atoms with Gasteiger partial charge in [-0.15, -0.1) is 0 Å². The summed E-state index contributed by atoms with van der Waals surface area (Å²) in [5, 5.41) is 3.15.